The minimum absolute atomic E-state index is 0.0339. The van der Waals surface area contributed by atoms with E-state index in [-0.39, 0.29) is 27.9 Å². The minimum Gasteiger partial charge on any atom is -0.413 e. The highest BCUT2D eigenvalue weighted by molar-refractivity contribution is 6.74. The topological polar surface area (TPSA) is 26.3 Å². The van der Waals surface area contributed by atoms with Crippen LogP contribution >= 0.6 is 0 Å². The van der Waals surface area contributed by atoms with Crippen LogP contribution in [0.15, 0.2) is 11.1 Å². The van der Waals surface area contributed by atoms with E-state index in [1.165, 1.54) is 11.1 Å². The lowest BCUT2D eigenvalue weighted by molar-refractivity contribution is -0.123. The Morgan fingerprint density at radius 2 is 1.58 bits per heavy atom. The summed E-state index contributed by atoms with van der Waals surface area (Å²) in [5, 5.41) is 0.184. The Hall–Kier alpha value is -0.413. The third kappa shape index (κ3) is 1.89. The molecule has 0 spiro atoms. The van der Waals surface area contributed by atoms with Gasteiger partial charge in [-0.2, -0.15) is 0 Å². The molecule has 24 heavy (non-hydrogen) atoms. The molecule has 0 heterocycles. The Kier molecular flexibility index (Phi) is 3.71. The molecule has 2 bridgehead atoms. The van der Waals surface area contributed by atoms with E-state index in [2.05, 4.69) is 68.5 Å². The number of carbonyl (C=O) groups is 1. The van der Waals surface area contributed by atoms with Gasteiger partial charge in [0, 0.05) is 23.7 Å². The van der Waals surface area contributed by atoms with Crippen LogP contribution < -0.4 is 0 Å². The van der Waals surface area contributed by atoms with Crippen LogP contribution in [0.3, 0.4) is 0 Å². The molecular formula is C21H36O2Si. The summed E-state index contributed by atoms with van der Waals surface area (Å²) in [6.07, 6.45) is 0.737. The first kappa shape index (κ1) is 18.4. The summed E-state index contributed by atoms with van der Waals surface area (Å²) in [5.41, 5.74) is 3.15. The van der Waals surface area contributed by atoms with Crippen molar-refractivity contribution < 1.29 is 9.22 Å². The molecule has 0 radical (unpaired) electrons. The zero-order chi connectivity index (χ0) is 18.5. The van der Waals surface area contributed by atoms with Crippen LogP contribution in [0.25, 0.3) is 0 Å². The lowest BCUT2D eigenvalue weighted by atomic mass is 9.66. The summed E-state index contributed by atoms with van der Waals surface area (Å²) in [6.45, 7) is 23.2. The van der Waals surface area contributed by atoms with Crippen molar-refractivity contribution in [3.63, 3.8) is 0 Å². The van der Waals surface area contributed by atoms with Crippen molar-refractivity contribution in [3.8, 4) is 0 Å². The molecule has 2 nitrogen and oxygen atoms in total. The van der Waals surface area contributed by atoms with Crippen molar-refractivity contribution in [3.05, 3.63) is 11.1 Å². The number of carbonyl (C=O) groups excluding carboxylic acids is 1. The second kappa shape index (κ2) is 4.85. The first-order valence-corrected chi connectivity index (χ1v) is 12.5. The van der Waals surface area contributed by atoms with Crippen molar-refractivity contribution in [2.75, 3.05) is 0 Å². The number of Topliss-reactive ketones (excluding diaryl/α,β-unsaturated/α-hetero) is 1. The second-order valence-corrected chi connectivity index (χ2v) is 15.4. The van der Waals surface area contributed by atoms with Gasteiger partial charge in [-0.05, 0) is 43.3 Å². The normalized spacial score (nSPS) is 45.3. The fourth-order valence-corrected chi connectivity index (χ4v) is 7.44. The molecule has 3 rings (SSSR count). The van der Waals surface area contributed by atoms with Crippen molar-refractivity contribution in [2.45, 2.75) is 86.0 Å². The lowest BCUT2D eigenvalue weighted by Gasteiger charge is -2.44. The predicted molar refractivity (Wildman–Crippen MR) is 102 cm³/mol. The Morgan fingerprint density at radius 3 is 2.08 bits per heavy atom. The van der Waals surface area contributed by atoms with Gasteiger partial charge in [0.25, 0.3) is 0 Å². The predicted octanol–water partition coefficient (Wildman–Crippen LogP) is 5.59. The van der Waals surface area contributed by atoms with E-state index < -0.39 is 8.32 Å². The Balaban J connectivity index is 2.04. The standard InChI is InChI=1S/C21H36O2Si/c1-12-13(2)21(8)14(3)20(12,7)17-15(22)11-16(18(17)21)23-24(9,10)19(4,5)6/h14,16-18H,11H2,1-10H3/t14-,16?,17-,18+,20+,21+/m0/s1. The summed E-state index contributed by atoms with van der Waals surface area (Å²) < 4.78 is 6.84. The molecule has 3 aliphatic rings. The number of allylic oxidation sites excluding steroid dienone is 2. The van der Waals surface area contributed by atoms with Crippen LogP contribution in [-0.2, 0) is 9.22 Å². The summed E-state index contributed by atoms with van der Waals surface area (Å²) in [6, 6.07) is 0. The molecule has 6 atom stereocenters. The molecule has 0 saturated heterocycles. The first-order valence-electron chi connectivity index (χ1n) is 9.59. The van der Waals surface area contributed by atoms with Gasteiger partial charge in [0.05, 0.1) is 6.10 Å². The molecule has 2 fully saturated rings. The van der Waals surface area contributed by atoms with Crippen molar-refractivity contribution in [1.29, 1.82) is 0 Å². The summed E-state index contributed by atoms with van der Waals surface area (Å²) in [7, 11) is -1.87. The zero-order valence-corrected chi connectivity index (χ0v) is 18.3. The summed E-state index contributed by atoms with van der Waals surface area (Å²) in [5.74, 6) is 1.50. The van der Waals surface area contributed by atoms with E-state index in [4.69, 9.17) is 4.43 Å². The number of hydrogen-bond donors (Lipinski definition) is 0. The highest BCUT2D eigenvalue weighted by Gasteiger charge is 2.73. The van der Waals surface area contributed by atoms with Gasteiger partial charge in [0.15, 0.2) is 8.32 Å². The molecule has 2 saturated carbocycles. The van der Waals surface area contributed by atoms with Crippen LogP contribution in [-0.4, -0.2) is 20.2 Å². The fraction of sp³-hybridized carbons (Fsp3) is 0.857. The van der Waals surface area contributed by atoms with Gasteiger partial charge < -0.3 is 4.43 Å². The molecule has 0 N–H and O–H groups in total. The molecule has 1 unspecified atom stereocenters. The van der Waals surface area contributed by atoms with Crippen molar-refractivity contribution >= 4 is 14.1 Å². The number of rotatable bonds is 2. The average molecular weight is 349 g/mol. The Morgan fingerprint density at radius 1 is 1.08 bits per heavy atom. The van der Waals surface area contributed by atoms with E-state index in [1.54, 1.807) is 0 Å². The van der Waals surface area contributed by atoms with Gasteiger partial charge in [-0.15, -0.1) is 0 Å². The monoisotopic (exact) mass is 348 g/mol. The maximum absolute atomic E-state index is 13.0. The molecule has 0 aliphatic heterocycles. The fourth-order valence-electron chi connectivity index (χ4n) is 6.10. The van der Waals surface area contributed by atoms with Gasteiger partial charge in [0.2, 0.25) is 0 Å². The number of fused-ring (bicyclic) bond motifs is 5. The van der Waals surface area contributed by atoms with Gasteiger partial charge >= 0.3 is 0 Å². The maximum atomic E-state index is 13.0. The lowest BCUT2D eigenvalue weighted by Crippen LogP contribution is -2.47. The third-order valence-electron chi connectivity index (χ3n) is 9.08. The smallest absolute Gasteiger partial charge is 0.192 e. The van der Waals surface area contributed by atoms with Crippen LogP contribution in [0.1, 0.15) is 61.8 Å². The van der Waals surface area contributed by atoms with E-state index in [0.717, 1.165) is 0 Å². The molecule has 136 valence electrons. The van der Waals surface area contributed by atoms with Crippen LogP contribution in [0.4, 0.5) is 0 Å². The Bertz CT molecular complexity index is 626. The van der Waals surface area contributed by atoms with Crippen molar-refractivity contribution in [1.82, 2.24) is 0 Å². The third-order valence-corrected chi connectivity index (χ3v) is 13.6. The molecule has 0 aromatic heterocycles. The molecule has 3 heteroatoms. The second-order valence-electron chi connectivity index (χ2n) is 10.6. The molecule has 3 aliphatic carbocycles. The number of ketones is 1. The van der Waals surface area contributed by atoms with Gasteiger partial charge in [-0.1, -0.05) is 52.7 Å². The van der Waals surface area contributed by atoms with Crippen LogP contribution in [0.5, 0.6) is 0 Å². The highest BCUT2D eigenvalue weighted by atomic mass is 28.4. The zero-order valence-electron chi connectivity index (χ0n) is 17.3. The molecular weight excluding hydrogens is 312 g/mol. The highest BCUT2D eigenvalue weighted by Crippen LogP contribution is 2.75. The van der Waals surface area contributed by atoms with E-state index in [0.29, 0.717) is 24.0 Å². The quantitative estimate of drug-likeness (QED) is 0.480. The van der Waals surface area contributed by atoms with Crippen LogP contribution in [0, 0.1) is 28.6 Å². The molecule has 0 aromatic rings. The largest absolute Gasteiger partial charge is 0.413 e. The van der Waals surface area contributed by atoms with Crippen LogP contribution in [0.2, 0.25) is 18.1 Å². The van der Waals surface area contributed by atoms with E-state index >= 15 is 0 Å². The summed E-state index contributed by atoms with van der Waals surface area (Å²) >= 11 is 0. The maximum Gasteiger partial charge on any atom is 0.192 e. The van der Waals surface area contributed by atoms with Gasteiger partial charge in [-0.25, -0.2) is 0 Å². The SMILES string of the molecule is CC1=C(C)[C@]2(C)[C@H](C)[C@]1(C)[C@@H]1C(O[Si](C)(C)C(C)(C)C)CC(=O)[C@@H]12. The average Bonchev–Trinajstić information content (AvgIpc) is 2.89. The van der Waals surface area contributed by atoms with E-state index in [1.807, 2.05) is 0 Å². The number of hydrogen-bond acceptors (Lipinski definition) is 2. The molecule has 0 amide bonds. The summed E-state index contributed by atoms with van der Waals surface area (Å²) in [4.78, 5) is 13.0. The Labute approximate surface area is 149 Å². The minimum atomic E-state index is -1.87. The van der Waals surface area contributed by atoms with E-state index in [9.17, 15) is 4.79 Å². The van der Waals surface area contributed by atoms with Gasteiger partial charge in [0.1, 0.15) is 5.78 Å². The first-order chi connectivity index (χ1) is 10.7. The van der Waals surface area contributed by atoms with Gasteiger partial charge in [-0.3, -0.25) is 4.79 Å². The van der Waals surface area contributed by atoms with Crippen molar-refractivity contribution in [2.24, 2.45) is 28.6 Å². The molecule has 0 aromatic carbocycles.